The van der Waals surface area contributed by atoms with Crippen molar-refractivity contribution in [1.82, 2.24) is 5.32 Å². The Balaban J connectivity index is 2.09. The molecule has 2 amide bonds. The molecule has 0 heterocycles. The van der Waals surface area contributed by atoms with E-state index in [0.29, 0.717) is 5.69 Å². The molecule has 0 spiro atoms. The van der Waals surface area contributed by atoms with Gasteiger partial charge in [0.15, 0.2) is 0 Å². The first-order chi connectivity index (χ1) is 17.3. The van der Waals surface area contributed by atoms with Gasteiger partial charge in [-0.2, -0.15) is 0 Å². The highest BCUT2D eigenvalue weighted by Crippen LogP contribution is 2.35. The minimum Gasteiger partial charge on any atom is -0.466 e. The smallest absolute Gasteiger partial charge is 0.308 e. The molecule has 3 unspecified atom stereocenters. The predicted molar refractivity (Wildman–Crippen MR) is 144 cm³/mol. The molecule has 2 aromatic carbocycles. The molecule has 0 aliphatic carbocycles. The van der Waals surface area contributed by atoms with Gasteiger partial charge in [0.05, 0.1) is 28.1 Å². The second-order valence-electron chi connectivity index (χ2n) is 9.20. The summed E-state index contributed by atoms with van der Waals surface area (Å²) >= 11 is 6.04. The number of hydrogen-bond donors (Lipinski definition) is 3. The number of nitrogens with one attached hydrogen (secondary N) is 3. The van der Waals surface area contributed by atoms with Crippen LogP contribution in [-0.2, 0) is 29.1 Å². The van der Waals surface area contributed by atoms with Crippen molar-refractivity contribution in [2.45, 2.75) is 45.4 Å². The average Bonchev–Trinajstić information content (AvgIpc) is 2.85. The fraction of sp³-hybridized carbons (Fsp3) is 0.423. The van der Waals surface area contributed by atoms with E-state index < -0.39 is 33.2 Å². The quantitative estimate of drug-likeness (QED) is 0.334. The molecule has 3 N–H and O–H groups in total. The summed E-state index contributed by atoms with van der Waals surface area (Å²) in [4.78, 5) is 37.7. The highest BCUT2D eigenvalue weighted by Gasteiger charge is 2.39. The summed E-state index contributed by atoms with van der Waals surface area (Å²) in [6.07, 6.45) is 0.407. The molecule has 3 atom stereocenters. The third-order valence-corrected chi connectivity index (χ3v) is 7.69. The maximum atomic E-state index is 12.9. The zero-order chi connectivity index (χ0) is 27.8. The molecule has 0 saturated carbocycles. The van der Waals surface area contributed by atoms with Crippen molar-refractivity contribution in [3.63, 3.8) is 0 Å². The summed E-state index contributed by atoms with van der Waals surface area (Å²) in [6, 6.07) is 12.2. The Hall–Kier alpha value is -3.11. The summed E-state index contributed by atoms with van der Waals surface area (Å²) in [5.74, 6) is -2.12. The first kappa shape index (κ1) is 30.1. The summed E-state index contributed by atoms with van der Waals surface area (Å²) < 4.78 is 32.9. The Morgan fingerprint density at radius 3 is 2.16 bits per heavy atom. The van der Waals surface area contributed by atoms with Crippen molar-refractivity contribution >= 4 is 50.8 Å². The number of halogens is 1. The molecule has 2 aromatic rings. The van der Waals surface area contributed by atoms with E-state index in [9.17, 15) is 22.8 Å². The molecule has 0 bridgehead atoms. The van der Waals surface area contributed by atoms with Crippen LogP contribution in [0, 0.1) is 17.3 Å². The number of amides is 2. The molecule has 0 aromatic heterocycles. The number of sulfonamides is 1. The van der Waals surface area contributed by atoms with Crippen LogP contribution in [0.5, 0.6) is 0 Å². The van der Waals surface area contributed by atoms with Gasteiger partial charge in [-0.05, 0) is 56.2 Å². The number of hydrogen-bond acceptors (Lipinski definition) is 6. The molecule has 0 saturated heterocycles. The van der Waals surface area contributed by atoms with E-state index in [1.165, 1.54) is 31.3 Å². The lowest BCUT2D eigenvalue weighted by Gasteiger charge is -2.32. The van der Waals surface area contributed by atoms with Gasteiger partial charge in [0.25, 0.3) is 10.0 Å². The lowest BCUT2D eigenvalue weighted by molar-refractivity contribution is -0.149. The van der Waals surface area contributed by atoms with Crippen LogP contribution in [0.2, 0.25) is 5.02 Å². The van der Waals surface area contributed by atoms with Gasteiger partial charge in [0, 0.05) is 24.1 Å². The van der Waals surface area contributed by atoms with Crippen LogP contribution in [0.3, 0.4) is 0 Å². The summed E-state index contributed by atoms with van der Waals surface area (Å²) in [7, 11) is -2.38. The molecule has 0 radical (unpaired) electrons. The number of esters is 1. The molecule has 2 rings (SSSR count). The molecular formula is C26H34ClN3O6S. The molecule has 11 heteroatoms. The molecular weight excluding hydrogens is 518 g/mol. The molecule has 0 aliphatic heterocycles. The third kappa shape index (κ3) is 8.19. The number of ether oxygens (including phenoxy) is 1. The van der Waals surface area contributed by atoms with E-state index in [1.54, 1.807) is 52.0 Å². The van der Waals surface area contributed by atoms with Crippen LogP contribution in [0.4, 0.5) is 11.4 Å². The van der Waals surface area contributed by atoms with Gasteiger partial charge in [-0.3, -0.25) is 19.1 Å². The summed E-state index contributed by atoms with van der Waals surface area (Å²) in [5, 5.41) is 5.65. The highest BCUT2D eigenvalue weighted by atomic mass is 35.5. The fourth-order valence-corrected chi connectivity index (χ4v) is 5.43. The Bertz CT molecular complexity index is 1220. The van der Waals surface area contributed by atoms with Crippen molar-refractivity contribution in [1.29, 1.82) is 0 Å². The van der Waals surface area contributed by atoms with Gasteiger partial charge in [-0.15, -0.1) is 0 Å². The first-order valence-electron chi connectivity index (χ1n) is 11.9. The van der Waals surface area contributed by atoms with E-state index >= 15 is 0 Å². The number of para-hydroxylation sites is 1. The average molecular weight is 552 g/mol. The monoisotopic (exact) mass is 551 g/mol. The molecule has 0 fully saturated rings. The summed E-state index contributed by atoms with van der Waals surface area (Å²) in [6.45, 7) is 7.07. The van der Waals surface area contributed by atoms with Gasteiger partial charge in [-0.1, -0.05) is 44.5 Å². The Kier molecular flexibility index (Phi) is 10.5. The largest absolute Gasteiger partial charge is 0.466 e. The van der Waals surface area contributed by atoms with E-state index in [0.717, 1.165) is 0 Å². The van der Waals surface area contributed by atoms with Crippen molar-refractivity contribution < 1.29 is 27.5 Å². The second-order valence-corrected chi connectivity index (χ2v) is 11.3. The Morgan fingerprint density at radius 2 is 1.59 bits per heavy atom. The van der Waals surface area contributed by atoms with Crippen molar-refractivity contribution in [3.05, 3.63) is 53.6 Å². The number of carbonyl (C=O) groups is 3. The maximum Gasteiger partial charge on any atom is 0.308 e. The first-order valence-corrected chi connectivity index (χ1v) is 13.8. The highest BCUT2D eigenvalue weighted by molar-refractivity contribution is 7.92. The SMILES string of the molecule is CCOC(=O)C(C)CC(C)(CC(C)C(=O)Nc1ccc(S(=O)(=O)Nc2ccccc2Cl)cc1)C(=O)NC. The maximum absolute atomic E-state index is 12.9. The normalized spacial score (nSPS) is 14.5. The van der Waals surface area contributed by atoms with Crippen molar-refractivity contribution in [3.8, 4) is 0 Å². The lowest BCUT2D eigenvalue weighted by Crippen LogP contribution is -2.42. The molecule has 9 nitrogen and oxygen atoms in total. The Labute approximate surface area is 223 Å². The van der Waals surface area contributed by atoms with Gasteiger partial charge in [-0.25, -0.2) is 8.42 Å². The van der Waals surface area contributed by atoms with Gasteiger partial charge in [0.1, 0.15) is 0 Å². The molecule has 0 aliphatic rings. The topological polar surface area (TPSA) is 131 Å². The third-order valence-electron chi connectivity index (χ3n) is 5.98. The predicted octanol–water partition coefficient (Wildman–Crippen LogP) is 4.45. The van der Waals surface area contributed by atoms with Crippen LogP contribution in [-0.4, -0.2) is 39.9 Å². The number of rotatable bonds is 12. The van der Waals surface area contributed by atoms with E-state index in [1.807, 2.05) is 0 Å². The number of carbonyl (C=O) groups excluding carboxylic acids is 3. The molecule has 37 heavy (non-hydrogen) atoms. The van der Waals surface area contributed by atoms with E-state index in [4.69, 9.17) is 16.3 Å². The fourth-order valence-electron chi connectivity index (χ4n) is 4.11. The zero-order valence-electron chi connectivity index (χ0n) is 21.6. The van der Waals surface area contributed by atoms with Gasteiger partial charge in [0.2, 0.25) is 11.8 Å². The van der Waals surface area contributed by atoms with E-state index in [2.05, 4.69) is 15.4 Å². The van der Waals surface area contributed by atoms with Crippen LogP contribution in [0.1, 0.15) is 40.5 Å². The second kappa shape index (κ2) is 12.9. The molecule has 202 valence electrons. The summed E-state index contributed by atoms with van der Waals surface area (Å²) in [5.41, 5.74) is -0.332. The number of anilines is 2. The Morgan fingerprint density at radius 1 is 1.00 bits per heavy atom. The van der Waals surface area contributed by atoms with Gasteiger partial charge >= 0.3 is 5.97 Å². The minimum absolute atomic E-state index is 0.00129. The van der Waals surface area contributed by atoms with Crippen LogP contribution < -0.4 is 15.4 Å². The standard InChI is InChI=1S/C26H34ClN3O6S/c1-6-36-24(32)18(3)16-26(4,25(33)28-5)15-17(2)23(31)29-19-11-13-20(14-12-19)37(34,35)30-22-10-8-7-9-21(22)27/h7-14,17-18,30H,6,15-16H2,1-5H3,(H,28,33)(H,29,31). The van der Waals surface area contributed by atoms with Crippen molar-refractivity contribution in [2.24, 2.45) is 17.3 Å². The minimum atomic E-state index is -3.89. The zero-order valence-corrected chi connectivity index (χ0v) is 23.2. The van der Waals surface area contributed by atoms with Crippen molar-refractivity contribution in [2.75, 3.05) is 23.7 Å². The van der Waals surface area contributed by atoms with Crippen LogP contribution in [0.15, 0.2) is 53.4 Å². The number of benzene rings is 2. The van der Waals surface area contributed by atoms with Crippen LogP contribution >= 0.6 is 11.6 Å². The van der Waals surface area contributed by atoms with Gasteiger partial charge < -0.3 is 15.4 Å². The lowest BCUT2D eigenvalue weighted by atomic mass is 9.74. The van der Waals surface area contributed by atoms with Crippen LogP contribution in [0.25, 0.3) is 0 Å². The van der Waals surface area contributed by atoms with E-state index in [-0.39, 0.29) is 46.9 Å².